The fraction of sp³-hybridized carbons (Fsp3) is 0.875. The minimum absolute atomic E-state index is 0.0222. The molecule has 0 radical (unpaired) electrons. The lowest BCUT2D eigenvalue weighted by Gasteiger charge is -2.22. The van der Waals surface area contributed by atoms with Crippen LogP contribution in [0.1, 0.15) is 386 Å². The Labute approximate surface area is 477 Å². The number of aliphatic hydroxyl groups is 2. The molecule has 2 unspecified atom stereocenters. The Hall–Kier alpha value is -1.65. The first-order valence-corrected chi connectivity index (χ1v) is 34.8. The molecule has 2 atom stereocenters. The predicted octanol–water partition coefficient (Wildman–Crippen LogP) is 23.7. The monoisotopic (exact) mass is 1060 g/mol. The molecule has 0 aromatic heterocycles. The van der Waals surface area contributed by atoms with Crippen LogP contribution in [0, 0.1) is 0 Å². The van der Waals surface area contributed by atoms with Crippen molar-refractivity contribution in [2.75, 3.05) is 6.61 Å². The molecule has 4 nitrogen and oxygen atoms in total. The molecule has 4 heteroatoms. The van der Waals surface area contributed by atoms with Crippen molar-refractivity contribution in [1.29, 1.82) is 0 Å². The van der Waals surface area contributed by atoms with Crippen LogP contribution >= 0.6 is 0 Å². The van der Waals surface area contributed by atoms with Gasteiger partial charge in [-0.15, -0.1) is 0 Å². The van der Waals surface area contributed by atoms with Gasteiger partial charge in [-0.25, -0.2) is 0 Å². The van der Waals surface area contributed by atoms with Crippen molar-refractivity contribution < 1.29 is 15.0 Å². The Kier molecular flexibility index (Phi) is 66.2. The van der Waals surface area contributed by atoms with Gasteiger partial charge in [0.1, 0.15) is 0 Å². The molecule has 1 amide bonds. The number of amides is 1. The summed E-state index contributed by atoms with van der Waals surface area (Å²) in [6.07, 6.45) is 94.6. The number of carbonyl (C=O) groups is 1. The lowest BCUT2D eigenvalue weighted by atomic mass is 10.0. The lowest BCUT2D eigenvalue weighted by molar-refractivity contribution is -0.123. The molecule has 3 N–H and O–H groups in total. The quantitative estimate of drug-likeness (QED) is 0.0420. The Bertz CT molecular complexity index is 1210. The summed E-state index contributed by atoms with van der Waals surface area (Å²) in [5.41, 5.74) is 0. The van der Waals surface area contributed by atoms with Crippen LogP contribution < -0.4 is 5.32 Å². The van der Waals surface area contributed by atoms with Crippen LogP contribution in [-0.4, -0.2) is 34.9 Å². The van der Waals surface area contributed by atoms with Crippen LogP contribution in [-0.2, 0) is 4.79 Å². The zero-order valence-corrected chi connectivity index (χ0v) is 51.8. The average molecular weight is 1060 g/mol. The van der Waals surface area contributed by atoms with Crippen LogP contribution in [0.3, 0.4) is 0 Å². The molecule has 0 fully saturated rings. The summed E-state index contributed by atoms with van der Waals surface area (Å²) in [5, 5.41) is 23.4. The summed E-state index contributed by atoms with van der Waals surface area (Å²) in [7, 11) is 0. The van der Waals surface area contributed by atoms with Gasteiger partial charge in [-0.05, 0) is 51.4 Å². The third-order valence-electron chi connectivity index (χ3n) is 16.4. The number of hydrogen-bond acceptors (Lipinski definition) is 3. The number of hydrogen-bond donors (Lipinski definition) is 3. The van der Waals surface area contributed by atoms with Gasteiger partial charge in [0, 0.05) is 6.42 Å². The van der Waals surface area contributed by atoms with Crippen molar-refractivity contribution in [2.45, 2.75) is 398 Å². The van der Waals surface area contributed by atoms with Crippen LogP contribution in [0.4, 0.5) is 0 Å². The number of aliphatic hydroxyl groups excluding tert-OH is 2. The molecule has 448 valence electrons. The van der Waals surface area contributed by atoms with Gasteiger partial charge in [-0.2, -0.15) is 0 Å². The van der Waals surface area contributed by atoms with Gasteiger partial charge in [0.15, 0.2) is 0 Å². The van der Waals surface area contributed by atoms with Crippen molar-refractivity contribution in [2.24, 2.45) is 0 Å². The van der Waals surface area contributed by atoms with Crippen molar-refractivity contribution in [3.05, 3.63) is 48.6 Å². The zero-order chi connectivity index (χ0) is 54.8. The van der Waals surface area contributed by atoms with E-state index in [1.807, 2.05) is 0 Å². The summed E-state index contributed by atoms with van der Waals surface area (Å²) in [4.78, 5) is 12.6. The number of unbranched alkanes of at least 4 members (excludes halogenated alkanes) is 50. The summed E-state index contributed by atoms with van der Waals surface area (Å²) in [5.74, 6) is -0.0222. The fourth-order valence-corrected chi connectivity index (χ4v) is 11.1. The van der Waals surface area contributed by atoms with E-state index in [9.17, 15) is 15.0 Å². The first kappa shape index (κ1) is 74.3. The molecule has 76 heavy (non-hydrogen) atoms. The van der Waals surface area contributed by atoms with E-state index in [1.54, 1.807) is 0 Å². The molecule has 0 bridgehead atoms. The Morgan fingerprint density at radius 3 is 0.868 bits per heavy atom. The third kappa shape index (κ3) is 63.2. The van der Waals surface area contributed by atoms with E-state index in [2.05, 4.69) is 67.8 Å². The number of carbonyl (C=O) groups excluding carboxylic acids is 1. The number of allylic oxidation sites excluding steroid dienone is 8. The average Bonchev–Trinajstić information content (AvgIpc) is 3.42. The van der Waals surface area contributed by atoms with Gasteiger partial charge in [-0.3, -0.25) is 4.79 Å². The molecule has 0 aliphatic carbocycles. The van der Waals surface area contributed by atoms with Gasteiger partial charge >= 0.3 is 0 Å². The van der Waals surface area contributed by atoms with Crippen LogP contribution in [0.5, 0.6) is 0 Å². The second-order valence-corrected chi connectivity index (χ2v) is 23.9. The number of rotatable bonds is 65. The lowest BCUT2D eigenvalue weighted by Crippen LogP contribution is -2.45. The minimum atomic E-state index is -0.659. The summed E-state index contributed by atoms with van der Waals surface area (Å²) in [6, 6.07) is -0.535. The highest BCUT2D eigenvalue weighted by molar-refractivity contribution is 5.76. The molecule has 0 aromatic rings. The highest BCUT2D eigenvalue weighted by Crippen LogP contribution is 2.19. The highest BCUT2D eigenvalue weighted by Gasteiger charge is 2.20. The molecule has 0 saturated carbocycles. The normalized spacial score (nSPS) is 12.9. The van der Waals surface area contributed by atoms with E-state index in [0.717, 1.165) is 51.4 Å². The maximum absolute atomic E-state index is 12.6. The van der Waals surface area contributed by atoms with E-state index >= 15 is 0 Å². The van der Waals surface area contributed by atoms with Gasteiger partial charge in [0.25, 0.3) is 0 Å². The summed E-state index contributed by atoms with van der Waals surface area (Å²) >= 11 is 0. The van der Waals surface area contributed by atoms with Crippen LogP contribution in [0.2, 0.25) is 0 Å². The molecule has 0 heterocycles. The van der Waals surface area contributed by atoms with Crippen molar-refractivity contribution in [3.8, 4) is 0 Å². The summed E-state index contributed by atoms with van der Waals surface area (Å²) in [6.45, 7) is 4.29. The van der Waals surface area contributed by atoms with E-state index < -0.39 is 12.1 Å². The molecule has 0 aliphatic heterocycles. The van der Waals surface area contributed by atoms with E-state index in [0.29, 0.717) is 12.8 Å². The standard InChI is InChI=1S/C72H137NO3/c1-3-5-7-9-11-13-15-17-19-21-23-25-27-28-29-30-31-32-33-34-35-36-37-38-39-40-41-42-43-44-46-48-50-52-54-56-58-60-62-64-66-68-72(76)73-70(69-74)71(75)67-65-63-61-59-57-55-53-51-49-47-45-26-24-22-20-18-16-14-12-10-8-6-4-2/h5,7,11,13,17,19,23,25,70-71,74-75H,3-4,6,8-10,12,14-16,18,20-22,24,26-69H2,1-2H3,(H,73,76)/b7-5-,13-11-,19-17-,25-23-. The molecule has 0 aromatic carbocycles. The van der Waals surface area contributed by atoms with E-state index in [4.69, 9.17) is 0 Å². The van der Waals surface area contributed by atoms with Crippen molar-refractivity contribution >= 4 is 5.91 Å². The van der Waals surface area contributed by atoms with E-state index in [-0.39, 0.29) is 12.5 Å². The number of nitrogens with one attached hydrogen (secondary N) is 1. The fourth-order valence-electron chi connectivity index (χ4n) is 11.1. The van der Waals surface area contributed by atoms with Crippen molar-refractivity contribution in [1.82, 2.24) is 5.32 Å². The smallest absolute Gasteiger partial charge is 0.220 e. The van der Waals surface area contributed by atoms with Crippen LogP contribution in [0.15, 0.2) is 48.6 Å². The molecule has 0 rings (SSSR count). The SMILES string of the molecule is CC/C=C\C/C=C\C/C=C\C/C=C\CCCCCCCCCCCCCCCCCCCCCCCCCCCCCCC(=O)NC(CO)C(O)CCCCCCCCCCCCCCCCCCCCCCCCC. The Morgan fingerprint density at radius 2 is 0.579 bits per heavy atom. The van der Waals surface area contributed by atoms with Gasteiger partial charge in [0.05, 0.1) is 18.8 Å². The first-order valence-electron chi connectivity index (χ1n) is 34.8. The van der Waals surface area contributed by atoms with Crippen molar-refractivity contribution in [3.63, 3.8) is 0 Å². The molecule has 0 aliphatic rings. The minimum Gasteiger partial charge on any atom is -0.394 e. The topological polar surface area (TPSA) is 69.6 Å². The third-order valence-corrected chi connectivity index (χ3v) is 16.4. The van der Waals surface area contributed by atoms with Gasteiger partial charge in [0.2, 0.25) is 5.91 Å². The second kappa shape index (κ2) is 67.6. The van der Waals surface area contributed by atoms with E-state index in [1.165, 1.54) is 308 Å². The molecule has 0 saturated heterocycles. The Morgan fingerprint density at radius 1 is 0.329 bits per heavy atom. The molecular formula is C72H137NO3. The second-order valence-electron chi connectivity index (χ2n) is 23.9. The maximum atomic E-state index is 12.6. The van der Waals surface area contributed by atoms with Gasteiger partial charge in [-0.1, -0.05) is 377 Å². The Balaban J connectivity index is 3.36. The molecule has 0 spiro atoms. The largest absolute Gasteiger partial charge is 0.394 e. The summed E-state index contributed by atoms with van der Waals surface area (Å²) < 4.78 is 0. The maximum Gasteiger partial charge on any atom is 0.220 e. The van der Waals surface area contributed by atoms with Crippen LogP contribution in [0.25, 0.3) is 0 Å². The van der Waals surface area contributed by atoms with Gasteiger partial charge < -0.3 is 15.5 Å². The first-order chi connectivity index (χ1) is 37.7. The zero-order valence-electron chi connectivity index (χ0n) is 51.8. The highest BCUT2D eigenvalue weighted by atomic mass is 16.3. The predicted molar refractivity (Wildman–Crippen MR) is 341 cm³/mol. The molecular weight excluding hydrogens is 927 g/mol.